The highest BCUT2D eigenvalue weighted by Crippen LogP contribution is 2.42. The highest BCUT2D eigenvalue weighted by atomic mass is 32.2. The summed E-state index contributed by atoms with van der Waals surface area (Å²) in [5, 5.41) is 23.5. The summed E-state index contributed by atoms with van der Waals surface area (Å²) in [6.07, 6.45) is 0.552. The van der Waals surface area contributed by atoms with Crippen LogP contribution in [0.1, 0.15) is 28.6 Å². The molecule has 2 aliphatic rings. The van der Waals surface area contributed by atoms with Crippen LogP contribution in [0.2, 0.25) is 0 Å². The lowest BCUT2D eigenvalue weighted by atomic mass is 10.0. The molecule has 1 aromatic heterocycles. The fourth-order valence-corrected chi connectivity index (χ4v) is 8.16. The number of hydrogen-bond donors (Lipinski definition) is 3. The molecule has 1 fully saturated rings. The Labute approximate surface area is 271 Å². The van der Waals surface area contributed by atoms with Crippen molar-refractivity contribution in [2.45, 2.75) is 41.6 Å². The standard InChI is InChI=1S/C30H30N6O6S3/c1-17-33-34-30(45-17)44-16-20-15-43-27-23(26(39)36(27)24(20)28(40)41)31-25(38)22(19-11-7-4-8-12-19)32-29(42)35(2)21(37)14-13-18-9-5-3-6-10-18/h3-12,22-23,27H,13-16H2,1-2H3,(H,31,38)(H,32,42)(H,40,41)/t22?,23?,27-/m0/s1. The first-order valence-corrected chi connectivity index (χ1v) is 16.8. The molecule has 12 nitrogen and oxygen atoms in total. The topological polar surface area (TPSA) is 162 Å². The van der Waals surface area contributed by atoms with Crippen molar-refractivity contribution in [3.8, 4) is 0 Å². The largest absolute Gasteiger partial charge is 0.477 e. The quantitative estimate of drug-likeness (QED) is 0.205. The van der Waals surface area contributed by atoms with Crippen molar-refractivity contribution in [2.24, 2.45) is 0 Å². The summed E-state index contributed by atoms with van der Waals surface area (Å²) >= 11 is 4.11. The number of aryl methyl sites for hydroxylation is 2. The zero-order chi connectivity index (χ0) is 32.1. The number of carboxylic acid groups (broad SMARTS) is 1. The minimum Gasteiger partial charge on any atom is -0.477 e. The predicted molar refractivity (Wildman–Crippen MR) is 170 cm³/mol. The van der Waals surface area contributed by atoms with Gasteiger partial charge in [-0.1, -0.05) is 83.8 Å². The van der Waals surface area contributed by atoms with E-state index in [1.165, 1.54) is 46.8 Å². The Morgan fingerprint density at radius 2 is 1.78 bits per heavy atom. The monoisotopic (exact) mass is 666 g/mol. The number of thioether (sulfide) groups is 2. The number of amides is 5. The van der Waals surface area contributed by atoms with Crippen molar-refractivity contribution in [2.75, 3.05) is 18.6 Å². The van der Waals surface area contributed by atoms with Crippen LogP contribution in [0.15, 0.2) is 76.3 Å². The molecule has 0 aliphatic carbocycles. The van der Waals surface area contributed by atoms with Crippen molar-refractivity contribution in [3.63, 3.8) is 0 Å². The number of nitrogens with one attached hydrogen (secondary N) is 2. The number of hydrogen-bond acceptors (Lipinski definition) is 10. The highest BCUT2D eigenvalue weighted by Gasteiger charge is 2.54. The van der Waals surface area contributed by atoms with E-state index in [2.05, 4.69) is 20.8 Å². The second-order valence-corrected chi connectivity index (χ2v) is 13.8. The molecule has 0 bridgehead atoms. The molecule has 0 radical (unpaired) electrons. The van der Waals surface area contributed by atoms with Crippen LogP contribution in [0, 0.1) is 6.92 Å². The van der Waals surface area contributed by atoms with Gasteiger partial charge in [0.2, 0.25) is 11.8 Å². The molecule has 0 saturated carbocycles. The van der Waals surface area contributed by atoms with E-state index < -0.39 is 47.2 Å². The van der Waals surface area contributed by atoms with E-state index in [0.29, 0.717) is 33.4 Å². The molecule has 1 saturated heterocycles. The number of carbonyl (C=O) groups excluding carboxylic acids is 4. The first-order valence-electron chi connectivity index (χ1n) is 13.9. The molecule has 15 heteroatoms. The average molecular weight is 667 g/mol. The Balaban J connectivity index is 1.25. The van der Waals surface area contributed by atoms with Crippen LogP contribution in [0.4, 0.5) is 4.79 Å². The fraction of sp³-hybridized carbons (Fsp3) is 0.300. The normalized spacial score (nSPS) is 18.0. The summed E-state index contributed by atoms with van der Waals surface area (Å²) in [4.78, 5) is 67.1. The first kappa shape index (κ1) is 32.2. The number of aliphatic carboxylic acids is 1. The van der Waals surface area contributed by atoms with E-state index >= 15 is 0 Å². The third kappa shape index (κ3) is 7.37. The van der Waals surface area contributed by atoms with Gasteiger partial charge >= 0.3 is 12.0 Å². The van der Waals surface area contributed by atoms with Crippen molar-refractivity contribution in [1.29, 1.82) is 0 Å². The molecule has 5 rings (SSSR count). The predicted octanol–water partition coefficient (Wildman–Crippen LogP) is 3.22. The minimum atomic E-state index is -1.23. The highest BCUT2D eigenvalue weighted by molar-refractivity contribution is 8.01. The first-order chi connectivity index (χ1) is 21.6. The van der Waals surface area contributed by atoms with Gasteiger partial charge in [-0.05, 0) is 30.0 Å². The van der Waals surface area contributed by atoms with Crippen LogP contribution >= 0.6 is 34.9 Å². The zero-order valence-electron chi connectivity index (χ0n) is 24.3. The maximum atomic E-state index is 13.6. The van der Waals surface area contributed by atoms with Gasteiger partial charge in [0.1, 0.15) is 28.2 Å². The summed E-state index contributed by atoms with van der Waals surface area (Å²) in [7, 11) is 1.34. The zero-order valence-corrected chi connectivity index (χ0v) is 26.8. The average Bonchev–Trinajstić information content (AvgIpc) is 3.48. The number of imide groups is 1. The fourth-order valence-electron chi connectivity index (χ4n) is 4.86. The minimum absolute atomic E-state index is 0.0912. The van der Waals surface area contributed by atoms with Gasteiger partial charge in [0, 0.05) is 25.0 Å². The summed E-state index contributed by atoms with van der Waals surface area (Å²) in [6.45, 7) is 1.83. The van der Waals surface area contributed by atoms with Gasteiger partial charge in [0.15, 0.2) is 4.34 Å². The second-order valence-electron chi connectivity index (χ2n) is 10.3. The number of nitrogens with zero attached hydrogens (tertiary/aromatic N) is 4. The SMILES string of the molecule is Cc1nnc(SCC2=C(C(=O)O)N3C(=O)C(NC(=O)C(NC(=O)N(C)C(=O)CCc4ccccc4)c4ccccc4)[C@@H]3SC2)s1. The number of aromatic nitrogens is 2. The van der Waals surface area contributed by atoms with Crippen molar-refractivity contribution >= 4 is 64.6 Å². The Morgan fingerprint density at radius 1 is 1.09 bits per heavy atom. The van der Waals surface area contributed by atoms with Crippen molar-refractivity contribution in [1.82, 2.24) is 30.6 Å². The van der Waals surface area contributed by atoms with Gasteiger partial charge in [-0.25, -0.2) is 9.59 Å². The summed E-state index contributed by atoms with van der Waals surface area (Å²) in [6, 6.07) is 14.9. The molecule has 3 heterocycles. The summed E-state index contributed by atoms with van der Waals surface area (Å²) < 4.78 is 0.703. The molecule has 3 atom stereocenters. The molecular formula is C30H30N6O6S3. The number of carbonyl (C=O) groups is 5. The smallest absolute Gasteiger partial charge is 0.352 e. The molecule has 3 aromatic rings. The number of carboxylic acids is 1. The lowest BCUT2D eigenvalue weighted by Gasteiger charge is -2.49. The Morgan fingerprint density at radius 3 is 2.42 bits per heavy atom. The number of benzene rings is 2. The van der Waals surface area contributed by atoms with Gasteiger partial charge in [0.05, 0.1) is 0 Å². The molecular weight excluding hydrogens is 637 g/mol. The van der Waals surface area contributed by atoms with E-state index in [9.17, 15) is 29.1 Å². The van der Waals surface area contributed by atoms with E-state index in [1.54, 1.807) is 30.3 Å². The lowest BCUT2D eigenvalue weighted by Crippen LogP contribution is -2.71. The Bertz CT molecular complexity index is 1630. The van der Waals surface area contributed by atoms with Crippen LogP contribution in [0.5, 0.6) is 0 Å². The Kier molecular flexibility index (Phi) is 10.2. The molecule has 3 N–H and O–H groups in total. The van der Waals surface area contributed by atoms with Gasteiger partial charge in [-0.15, -0.1) is 22.0 Å². The van der Waals surface area contributed by atoms with E-state index in [0.717, 1.165) is 15.5 Å². The van der Waals surface area contributed by atoms with Crippen LogP contribution in [-0.2, 0) is 25.6 Å². The van der Waals surface area contributed by atoms with Crippen molar-refractivity contribution < 1.29 is 29.1 Å². The molecule has 45 heavy (non-hydrogen) atoms. The van der Waals surface area contributed by atoms with E-state index in [1.807, 2.05) is 37.3 Å². The molecule has 0 spiro atoms. The molecule has 2 aliphatic heterocycles. The van der Waals surface area contributed by atoms with Crippen LogP contribution in [0.25, 0.3) is 0 Å². The molecule has 2 unspecified atom stereocenters. The summed E-state index contributed by atoms with van der Waals surface area (Å²) in [5.74, 6) is -2.18. The third-order valence-corrected chi connectivity index (χ3v) is 10.6. The van der Waals surface area contributed by atoms with Gasteiger partial charge in [-0.2, -0.15) is 0 Å². The third-order valence-electron chi connectivity index (χ3n) is 7.24. The Hall–Kier alpha value is -4.21. The van der Waals surface area contributed by atoms with Crippen LogP contribution in [-0.4, -0.2) is 84.8 Å². The van der Waals surface area contributed by atoms with Gasteiger partial charge in [0.25, 0.3) is 5.91 Å². The summed E-state index contributed by atoms with van der Waals surface area (Å²) in [5.41, 5.74) is 1.89. The number of β-lactam (4-membered cyclic amide) rings is 1. The number of urea groups is 1. The maximum Gasteiger partial charge on any atom is 0.352 e. The molecule has 2 aromatic carbocycles. The van der Waals surface area contributed by atoms with Gasteiger partial charge < -0.3 is 15.7 Å². The van der Waals surface area contributed by atoms with Crippen LogP contribution in [0.3, 0.4) is 0 Å². The van der Waals surface area contributed by atoms with E-state index in [4.69, 9.17) is 0 Å². The maximum absolute atomic E-state index is 13.6. The van der Waals surface area contributed by atoms with Gasteiger partial charge in [-0.3, -0.25) is 24.2 Å². The van der Waals surface area contributed by atoms with Crippen molar-refractivity contribution in [3.05, 3.63) is 88.1 Å². The molecule has 234 valence electrons. The lowest BCUT2D eigenvalue weighted by molar-refractivity contribution is -0.151. The number of fused-ring (bicyclic) bond motifs is 1. The second kappa shape index (κ2) is 14.3. The van der Waals surface area contributed by atoms with Crippen LogP contribution < -0.4 is 10.6 Å². The molecule has 5 amide bonds. The van der Waals surface area contributed by atoms with E-state index in [-0.39, 0.29) is 12.1 Å². The number of rotatable bonds is 11.